The lowest BCUT2D eigenvalue weighted by atomic mass is 10.4. The Bertz CT molecular complexity index is 599. The summed E-state index contributed by atoms with van der Waals surface area (Å²) in [4.78, 5) is 13.7. The van der Waals surface area contributed by atoms with Crippen molar-refractivity contribution in [1.82, 2.24) is 30.0 Å². The predicted molar refractivity (Wildman–Crippen MR) is 71.4 cm³/mol. The molecule has 1 saturated carbocycles. The average molecular weight is 280 g/mol. The first-order valence-electron chi connectivity index (χ1n) is 6.31. The number of amides is 2. The Balaban J connectivity index is 1.63. The van der Waals surface area contributed by atoms with Crippen LogP contribution in [0.4, 0.5) is 4.79 Å². The van der Waals surface area contributed by atoms with Crippen LogP contribution in [-0.4, -0.2) is 51.4 Å². The minimum absolute atomic E-state index is 0.0818. The van der Waals surface area contributed by atoms with Gasteiger partial charge in [0, 0.05) is 33.0 Å². The van der Waals surface area contributed by atoms with Crippen molar-refractivity contribution in [3.8, 4) is 0 Å². The number of carbonyl (C=O) groups is 1. The van der Waals surface area contributed by atoms with Gasteiger partial charge in [-0.2, -0.15) is 9.61 Å². The molecular weight excluding hydrogens is 264 g/mol. The molecule has 0 aromatic carbocycles. The maximum Gasteiger partial charge on any atom is 0.316 e. The molecule has 0 aliphatic heterocycles. The van der Waals surface area contributed by atoms with E-state index in [4.69, 9.17) is 0 Å². The highest BCUT2D eigenvalue weighted by atomic mass is 32.1. The van der Waals surface area contributed by atoms with Crippen molar-refractivity contribution in [2.45, 2.75) is 25.2 Å². The summed E-state index contributed by atoms with van der Waals surface area (Å²) in [5, 5.41) is 16.6. The van der Waals surface area contributed by atoms with Crippen LogP contribution in [0.3, 0.4) is 0 Å². The Kier molecular flexibility index (Phi) is 3.09. The minimum atomic E-state index is -0.0818. The van der Waals surface area contributed by atoms with Gasteiger partial charge in [-0.15, -0.1) is 10.2 Å². The molecule has 19 heavy (non-hydrogen) atoms. The molecule has 1 aliphatic carbocycles. The molecular formula is C11H16N6OS. The van der Waals surface area contributed by atoms with Crippen LogP contribution in [-0.2, 0) is 6.42 Å². The number of fused-ring (bicyclic) bond motifs is 1. The average Bonchev–Trinajstić information content (AvgIpc) is 3.00. The lowest BCUT2D eigenvalue weighted by Gasteiger charge is -2.10. The minimum Gasteiger partial charge on any atom is -0.338 e. The molecule has 8 heteroatoms. The second kappa shape index (κ2) is 4.76. The normalized spacial score (nSPS) is 14.8. The van der Waals surface area contributed by atoms with E-state index in [1.165, 1.54) is 29.1 Å². The van der Waals surface area contributed by atoms with E-state index in [9.17, 15) is 4.79 Å². The molecule has 0 saturated heterocycles. The number of hydrogen-bond donors (Lipinski definition) is 1. The molecule has 1 N–H and O–H groups in total. The predicted octanol–water partition coefficient (Wildman–Crippen LogP) is 0.877. The van der Waals surface area contributed by atoms with Gasteiger partial charge in [0.1, 0.15) is 5.01 Å². The second-order valence-corrected chi connectivity index (χ2v) is 5.94. The molecule has 1 aliphatic rings. The molecule has 2 aromatic rings. The van der Waals surface area contributed by atoms with Gasteiger partial charge in [-0.05, 0) is 12.8 Å². The smallest absolute Gasteiger partial charge is 0.316 e. The van der Waals surface area contributed by atoms with Gasteiger partial charge >= 0.3 is 6.03 Å². The Morgan fingerprint density at radius 2 is 2.26 bits per heavy atom. The molecule has 0 atom stereocenters. The Morgan fingerprint density at radius 1 is 1.47 bits per heavy atom. The Hall–Kier alpha value is -1.70. The topological polar surface area (TPSA) is 75.4 Å². The Labute approximate surface area is 114 Å². The molecule has 2 aromatic heterocycles. The molecule has 102 valence electrons. The van der Waals surface area contributed by atoms with Crippen LogP contribution in [0.25, 0.3) is 4.96 Å². The monoisotopic (exact) mass is 280 g/mol. The van der Waals surface area contributed by atoms with Crippen molar-refractivity contribution in [2.75, 3.05) is 20.6 Å². The van der Waals surface area contributed by atoms with Gasteiger partial charge in [-0.1, -0.05) is 11.3 Å². The molecule has 0 radical (unpaired) electrons. The quantitative estimate of drug-likeness (QED) is 0.902. The van der Waals surface area contributed by atoms with Crippen molar-refractivity contribution in [2.24, 2.45) is 0 Å². The zero-order valence-electron chi connectivity index (χ0n) is 11.0. The Morgan fingerprint density at radius 3 is 2.95 bits per heavy atom. The first-order chi connectivity index (χ1) is 9.15. The fourth-order valence-corrected chi connectivity index (χ4v) is 2.64. The van der Waals surface area contributed by atoms with E-state index in [-0.39, 0.29) is 6.03 Å². The third kappa shape index (κ3) is 2.53. The summed E-state index contributed by atoms with van der Waals surface area (Å²) >= 11 is 1.54. The maximum atomic E-state index is 11.4. The summed E-state index contributed by atoms with van der Waals surface area (Å²) in [7, 11) is 3.45. The zero-order valence-corrected chi connectivity index (χ0v) is 11.8. The van der Waals surface area contributed by atoms with E-state index in [1.54, 1.807) is 14.1 Å². The van der Waals surface area contributed by atoms with Crippen LogP contribution < -0.4 is 5.32 Å². The molecule has 3 rings (SSSR count). The van der Waals surface area contributed by atoms with Gasteiger partial charge in [0.15, 0.2) is 5.82 Å². The van der Waals surface area contributed by atoms with Gasteiger partial charge in [0.25, 0.3) is 0 Å². The summed E-state index contributed by atoms with van der Waals surface area (Å²) in [6, 6.07) is -0.0818. The fraction of sp³-hybridized carbons (Fsp3) is 0.636. The highest BCUT2D eigenvalue weighted by molar-refractivity contribution is 7.16. The summed E-state index contributed by atoms with van der Waals surface area (Å²) in [5.74, 6) is 1.52. The number of aromatic nitrogens is 4. The van der Waals surface area contributed by atoms with Gasteiger partial charge < -0.3 is 10.2 Å². The number of nitrogens with one attached hydrogen (secondary N) is 1. The van der Waals surface area contributed by atoms with Crippen LogP contribution in [0.2, 0.25) is 0 Å². The van der Waals surface area contributed by atoms with E-state index in [0.29, 0.717) is 12.5 Å². The first-order valence-corrected chi connectivity index (χ1v) is 7.13. The summed E-state index contributed by atoms with van der Waals surface area (Å²) in [6.45, 7) is 0.583. The number of rotatable bonds is 4. The van der Waals surface area contributed by atoms with Gasteiger partial charge in [-0.3, -0.25) is 0 Å². The number of carbonyl (C=O) groups excluding carboxylic acids is 1. The molecule has 2 heterocycles. The van der Waals surface area contributed by atoms with E-state index < -0.39 is 0 Å². The third-order valence-corrected chi connectivity index (χ3v) is 3.98. The lowest BCUT2D eigenvalue weighted by molar-refractivity contribution is 0.217. The zero-order chi connectivity index (χ0) is 13.4. The molecule has 1 fully saturated rings. The third-order valence-electron chi connectivity index (χ3n) is 3.02. The highest BCUT2D eigenvalue weighted by Crippen LogP contribution is 2.39. The van der Waals surface area contributed by atoms with Crippen molar-refractivity contribution in [3.05, 3.63) is 10.8 Å². The van der Waals surface area contributed by atoms with Crippen molar-refractivity contribution in [1.29, 1.82) is 0 Å². The van der Waals surface area contributed by atoms with Crippen LogP contribution in [0, 0.1) is 0 Å². The SMILES string of the molecule is CN(C)C(=O)NCCc1nn2c(C3CC3)nnc2s1. The van der Waals surface area contributed by atoms with Crippen LogP contribution in [0.5, 0.6) is 0 Å². The lowest BCUT2D eigenvalue weighted by Crippen LogP contribution is -2.35. The second-order valence-electron chi connectivity index (χ2n) is 4.90. The fourth-order valence-electron chi connectivity index (χ4n) is 1.80. The summed E-state index contributed by atoms with van der Waals surface area (Å²) in [5.41, 5.74) is 0. The maximum absolute atomic E-state index is 11.4. The highest BCUT2D eigenvalue weighted by Gasteiger charge is 2.29. The molecule has 7 nitrogen and oxygen atoms in total. The largest absolute Gasteiger partial charge is 0.338 e. The summed E-state index contributed by atoms with van der Waals surface area (Å²) in [6.07, 6.45) is 3.09. The van der Waals surface area contributed by atoms with Crippen LogP contribution in [0.1, 0.15) is 29.6 Å². The molecule has 0 bridgehead atoms. The molecule has 2 amide bonds. The van der Waals surface area contributed by atoms with E-state index in [0.717, 1.165) is 22.2 Å². The number of nitrogens with zero attached hydrogens (tertiary/aromatic N) is 5. The summed E-state index contributed by atoms with van der Waals surface area (Å²) < 4.78 is 1.85. The van der Waals surface area contributed by atoms with Crippen molar-refractivity contribution < 1.29 is 4.79 Å². The van der Waals surface area contributed by atoms with E-state index in [2.05, 4.69) is 20.6 Å². The van der Waals surface area contributed by atoms with Gasteiger partial charge in [0.05, 0.1) is 0 Å². The standard InChI is InChI=1S/C11H16N6OS/c1-16(2)10(18)12-6-5-8-15-17-9(7-3-4-7)13-14-11(17)19-8/h7H,3-6H2,1-2H3,(H,12,18). The van der Waals surface area contributed by atoms with Gasteiger partial charge in [0.2, 0.25) is 4.96 Å². The van der Waals surface area contributed by atoms with Crippen molar-refractivity contribution >= 4 is 22.3 Å². The number of urea groups is 1. The molecule has 0 unspecified atom stereocenters. The van der Waals surface area contributed by atoms with Crippen molar-refractivity contribution in [3.63, 3.8) is 0 Å². The number of hydrogen-bond acceptors (Lipinski definition) is 5. The van der Waals surface area contributed by atoms with Gasteiger partial charge in [-0.25, -0.2) is 4.79 Å². The van der Waals surface area contributed by atoms with Crippen LogP contribution in [0.15, 0.2) is 0 Å². The van der Waals surface area contributed by atoms with Crippen LogP contribution >= 0.6 is 11.3 Å². The van der Waals surface area contributed by atoms with E-state index >= 15 is 0 Å². The molecule has 0 spiro atoms. The first kappa shape index (κ1) is 12.3. The van der Waals surface area contributed by atoms with E-state index in [1.807, 2.05) is 4.52 Å².